The smallest absolute Gasteiger partial charge is 0.223 e. The summed E-state index contributed by atoms with van der Waals surface area (Å²) < 4.78 is 0. The van der Waals surface area contributed by atoms with Gasteiger partial charge < -0.3 is 10.6 Å². The van der Waals surface area contributed by atoms with Gasteiger partial charge in [0.25, 0.3) is 0 Å². The van der Waals surface area contributed by atoms with Crippen LogP contribution < -0.4 is 5.73 Å². The molecule has 2 aliphatic rings. The average molecular weight is 238 g/mol. The summed E-state index contributed by atoms with van der Waals surface area (Å²) in [6.07, 6.45) is 7.86. The monoisotopic (exact) mass is 238 g/mol. The van der Waals surface area contributed by atoms with E-state index in [2.05, 4.69) is 11.8 Å². The van der Waals surface area contributed by atoms with Gasteiger partial charge in [0.05, 0.1) is 0 Å². The minimum Gasteiger partial charge on any atom is -0.343 e. The lowest BCUT2D eigenvalue weighted by atomic mass is 9.66. The largest absolute Gasteiger partial charge is 0.343 e. The van der Waals surface area contributed by atoms with Crippen LogP contribution in [0.25, 0.3) is 0 Å². The second-order valence-electron chi connectivity index (χ2n) is 6.15. The summed E-state index contributed by atoms with van der Waals surface area (Å²) in [6, 6.07) is 0. The van der Waals surface area contributed by atoms with Crippen LogP contribution in [0.3, 0.4) is 0 Å². The maximum Gasteiger partial charge on any atom is 0.223 e. The summed E-state index contributed by atoms with van der Waals surface area (Å²) in [5.74, 6) is 1.13. The van der Waals surface area contributed by atoms with Crippen LogP contribution >= 0.6 is 0 Å². The quantitative estimate of drug-likeness (QED) is 0.819. The van der Waals surface area contributed by atoms with Gasteiger partial charge in [-0.25, -0.2) is 0 Å². The zero-order valence-electron chi connectivity index (χ0n) is 11.1. The third-order valence-electron chi connectivity index (χ3n) is 4.74. The van der Waals surface area contributed by atoms with E-state index in [1.165, 1.54) is 25.7 Å². The van der Waals surface area contributed by atoms with Crippen molar-refractivity contribution in [1.29, 1.82) is 0 Å². The Morgan fingerprint density at radius 3 is 2.65 bits per heavy atom. The molecular weight excluding hydrogens is 212 g/mol. The van der Waals surface area contributed by atoms with Gasteiger partial charge in [0.15, 0.2) is 0 Å². The second kappa shape index (κ2) is 5.38. The Morgan fingerprint density at radius 2 is 2.06 bits per heavy atom. The molecule has 0 aromatic carbocycles. The number of carbonyl (C=O) groups excluding carboxylic acids is 1. The molecule has 1 atom stereocenters. The maximum absolute atomic E-state index is 12.3. The molecule has 1 aliphatic heterocycles. The number of nitrogens with two attached hydrogens (primary N) is 1. The van der Waals surface area contributed by atoms with Crippen molar-refractivity contribution in [3.63, 3.8) is 0 Å². The molecule has 0 spiro atoms. The molecule has 1 unspecified atom stereocenters. The molecular formula is C14H26N2O. The highest BCUT2D eigenvalue weighted by atomic mass is 16.2. The van der Waals surface area contributed by atoms with Crippen molar-refractivity contribution in [2.75, 3.05) is 19.6 Å². The fourth-order valence-corrected chi connectivity index (χ4v) is 3.07. The third kappa shape index (κ3) is 3.01. The number of hydrogen-bond donors (Lipinski definition) is 1. The van der Waals surface area contributed by atoms with Gasteiger partial charge in [-0.05, 0) is 50.0 Å². The Hall–Kier alpha value is -0.570. The molecule has 17 heavy (non-hydrogen) atoms. The van der Waals surface area contributed by atoms with Gasteiger partial charge >= 0.3 is 0 Å². The van der Waals surface area contributed by atoms with Gasteiger partial charge in [0, 0.05) is 19.5 Å². The number of rotatable bonds is 3. The third-order valence-corrected chi connectivity index (χ3v) is 4.74. The number of hydrogen-bond acceptors (Lipinski definition) is 2. The van der Waals surface area contributed by atoms with Gasteiger partial charge in [-0.3, -0.25) is 4.79 Å². The van der Waals surface area contributed by atoms with Crippen LogP contribution in [0.15, 0.2) is 0 Å². The van der Waals surface area contributed by atoms with Gasteiger partial charge in [0.1, 0.15) is 0 Å². The number of amides is 1. The maximum atomic E-state index is 12.3. The molecule has 3 nitrogen and oxygen atoms in total. The van der Waals surface area contributed by atoms with E-state index in [0.29, 0.717) is 18.9 Å². The fraction of sp³-hybridized carbons (Fsp3) is 0.929. The van der Waals surface area contributed by atoms with E-state index in [1.54, 1.807) is 0 Å². The predicted octanol–water partition coefficient (Wildman–Crippen LogP) is 2.15. The Balaban J connectivity index is 1.86. The zero-order chi connectivity index (χ0) is 12.3. The predicted molar refractivity (Wildman–Crippen MR) is 69.6 cm³/mol. The lowest BCUT2D eigenvalue weighted by Crippen LogP contribution is -2.43. The molecule has 0 aromatic rings. The standard InChI is InChI=1S/C14H26N2O/c1-12-4-2-8-16(9-5-12)13(17)10-14(11-15)6-3-7-14/h12H,2-11,15H2,1H3. The normalized spacial score (nSPS) is 28.4. The van der Waals surface area contributed by atoms with Gasteiger partial charge in [-0.1, -0.05) is 13.3 Å². The molecule has 2 N–H and O–H groups in total. The molecule has 2 fully saturated rings. The number of likely N-dealkylation sites (tertiary alicyclic amines) is 1. The zero-order valence-corrected chi connectivity index (χ0v) is 11.1. The lowest BCUT2D eigenvalue weighted by molar-refractivity contribution is -0.135. The second-order valence-corrected chi connectivity index (χ2v) is 6.15. The molecule has 1 amide bonds. The van der Waals surface area contributed by atoms with Crippen LogP contribution in [0.2, 0.25) is 0 Å². The van der Waals surface area contributed by atoms with Crippen LogP contribution in [0.5, 0.6) is 0 Å². The van der Waals surface area contributed by atoms with Crippen molar-refractivity contribution in [3.05, 3.63) is 0 Å². The van der Waals surface area contributed by atoms with Crippen molar-refractivity contribution < 1.29 is 4.79 Å². The van der Waals surface area contributed by atoms with Crippen molar-refractivity contribution in [3.8, 4) is 0 Å². The highest BCUT2D eigenvalue weighted by Gasteiger charge is 2.38. The Labute approximate surface area is 105 Å². The van der Waals surface area contributed by atoms with E-state index in [-0.39, 0.29) is 5.41 Å². The minimum absolute atomic E-state index is 0.162. The average Bonchev–Trinajstić information content (AvgIpc) is 2.48. The molecule has 2 rings (SSSR count). The highest BCUT2D eigenvalue weighted by molar-refractivity contribution is 5.77. The van der Waals surface area contributed by atoms with Crippen molar-refractivity contribution in [2.24, 2.45) is 17.1 Å². The van der Waals surface area contributed by atoms with Crippen LogP contribution in [0, 0.1) is 11.3 Å². The van der Waals surface area contributed by atoms with Crippen molar-refractivity contribution in [1.82, 2.24) is 4.90 Å². The molecule has 1 aliphatic carbocycles. The molecule has 1 saturated heterocycles. The summed E-state index contributed by atoms with van der Waals surface area (Å²) >= 11 is 0. The van der Waals surface area contributed by atoms with E-state index in [9.17, 15) is 4.79 Å². The first-order chi connectivity index (χ1) is 8.15. The first kappa shape index (κ1) is 12.9. The Morgan fingerprint density at radius 1 is 1.29 bits per heavy atom. The van der Waals surface area contributed by atoms with Gasteiger partial charge in [0.2, 0.25) is 5.91 Å². The molecule has 3 heteroatoms. The van der Waals surface area contributed by atoms with Crippen LogP contribution in [-0.2, 0) is 4.79 Å². The SMILES string of the molecule is CC1CCCN(C(=O)CC2(CN)CCC2)CC1. The Bertz CT molecular complexity index is 268. The van der Waals surface area contributed by atoms with E-state index in [0.717, 1.165) is 31.8 Å². The lowest BCUT2D eigenvalue weighted by Gasteiger charge is -2.41. The molecule has 0 radical (unpaired) electrons. The van der Waals surface area contributed by atoms with E-state index in [4.69, 9.17) is 5.73 Å². The van der Waals surface area contributed by atoms with Crippen molar-refractivity contribution in [2.45, 2.75) is 51.9 Å². The minimum atomic E-state index is 0.162. The summed E-state index contributed by atoms with van der Waals surface area (Å²) in [6.45, 7) is 4.90. The van der Waals surface area contributed by atoms with Crippen LogP contribution in [0.1, 0.15) is 51.9 Å². The Kier molecular flexibility index (Phi) is 4.08. The summed E-state index contributed by atoms with van der Waals surface area (Å²) in [4.78, 5) is 14.4. The summed E-state index contributed by atoms with van der Waals surface area (Å²) in [5.41, 5.74) is 5.99. The topological polar surface area (TPSA) is 46.3 Å². The molecule has 0 bridgehead atoms. The molecule has 0 aromatic heterocycles. The van der Waals surface area contributed by atoms with E-state index in [1.807, 2.05) is 0 Å². The fourth-order valence-electron chi connectivity index (χ4n) is 3.07. The number of nitrogens with zero attached hydrogens (tertiary/aromatic N) is 1. The molecule has 1 saturated carbocycles. The van der Waals surface area contributed by atoms with Crippen LogP contribution in [-0.4, -0.2) is 30.4 Å². The van der Waals surface area contributed by atoms with Gasteiger partial charge in [-0.2, -0.15) is 0 Å². The molecule has 98 valence electrons. The van der Waals surface area contributed by atoms with Crippen molar-refractivity contribution >= 4 is 5.91 Å². The van der Waals surface area contributed by atoms with Gasteiger partial charge in [-0.15, -0.1) is 0 Å². The summed E-state index contributed by atoms with van der Waals surface area (Å²) in [7, 11) is 0. The van der Waals surface area contributed by atoms with E-state index >= 15 is 0 Å². The first-order valence-electron chi connectivity index (χ1n) is 7.13. The molecule has 1 heterocycles. The van der Waals surface area contributed by atoms with Crippen LogP contribution in [0.4, 0.5) is 0 Å². The number of carbonyl (C=O) groups is 1. The summed E-state index contributed by atoms with van der Waals surface area (Å²) in [5, 5.41) is 0. The van der Waals surface area contributed by atoms with E-state index < -0.39 is 0 Å². The first-order valence-corrected chi connectivity index (χ1v) is 7.13. The highest BCUT2D eigenvalue weighted by Crippen LogP contribution is 2.43.